The third-order valence-electron chi connectivity index (χ3n) is 21.2. The van der Waals surface area contributed by atoms with Gasteiger partial charge in [-0.3, -0.25) is 48.7 Å². The van der Waals surface area contributed by atoms with Crippen LogP contribution in [0.4, 0.5) is 0 Å². The highest BCUT2D eigenvalue weighted by Crippen LogP contribution is 2.49. The summed E-state index contributed by atoms with van der Waals surface area (Å²) < 4.78 is 27.5. The predicted octanol–water partition coefficient (Wildman–Crippen LogP) is 25.2. The smallest absolute Gasteiger partial charge is 0.343 e. The number of nitrogens with zero attached hydrogens (tertiary/aromatic N) is 14. The van der Waals surface area contributed by atoms with Crippen molar-refractivity contribution >= 4 is 38.3 Å². The highest BCUT2D eigenvalue weighted by molar-refractivity contribution is 7.61. The van der Waals surface area contributed by atoms with Crippen molar-refractivity contribution in [3.8, 4) is 0 Å². The second-order valence-corrected chi connectivity index (χ2v) is 48.9. The molecule has 0 aliphatic carbocycles. The van der Waals surface area contributed by atoms with E-state index in [1.165, 1.54) is 28.3 Å². The molecular weight excluding hydrogens is 1590 g/mol. The van der Waals surface area contributed by atoms with Crippen molar-refractivity contribution in [2.75, 3.05) is 72.3 Å². The predicted molar refractivity (Wildman–Crippen MR) is 561 cm³/mol. The maximum absolute atomic E-state index is 12.5. The standard InChI is InChI=1S/C19H43N3.C14H28N2O2.C14H32N2.C13H28N2.C12H28N2.C11H26NOP.C11H23NO.C8H21N2O2P/c1-15(2)20(11-13-21(16(3)4)17(5)6)12-14-22(18(7)8)19(9)10;1-9(2)13(17)15(11(5)6)16(12(7)8)14(18)10(3)4;1-11(2)15(12(3)4)9-10-16(13(5)6)14(7)8;1-9(2)13(14-10(3)4)15(11(5)6)12(7)8;1-9(2)13(10(3)4)14(11(5)6)12(7)8;1-9(2)7-14(13,8-10(3)4)12-11(5)6;1-8(2)7-13-12-11(9(3)4)10(5)6;1-7(2)9(5)13(11,12)10(6)8(3)4/h15-19H,11-14H2,1-10H3;9-12H,1-8H3;11-14H,9-10H2,1-8H3;9-12H,1-8H3;9-12H,1-8H3;9-11H,7-8H2,1-6H3,(H,12,13);8-10H,7H2,1-6H3;7-8H,1-6H3,(H,11,12). The second kappa shape index (κ2) is 71.5. The molecule has 0 heterocycles. The molecule has 0 saturated carbocycles. The van der Waals surface area contributed by atoms with Gasteiger partial charge in [0.15, 0.2) is 0 Å². The molecule has 2 amide bonds. The molecule has 0 aromatic carbocycles. The van der Waals surface area contributed by atoms with Crippen LogP contribution in [-0.2, 0) is 23.6 Å². The Morgan fingerprint density at radius 3 is 0.728 bits per heavy atom. The summed E-state index contributed by atoms with van der Waals surface area (Å²) in [6, 6.07) is 9.76. The molecule has 0 radical (unpaired) electrons. The van der Waals surface area contributed by atoms with E-state index in [1.807, 2.05) is 83.1 Å². The number of oxime groups is 1. The van der Waals surface area contributed by atoms with Gasteiger partial charge >= 0.3 is 7.67 Å². The Kier molecular flexibility index (Phi) is 79.1. The van der Waals surface area contributed by atoms with Crippen LogP contribution in [0.2, 0.25) is 0 Å². The molecule has 23 heteroatoms. The SMILES string of the molecule is CC(C)C(=O)N(C(C)C)N(C(=O)C(C)C)C(C)C.CC(C)CON=C(C(C)C)C(C)C.CC(C)CP(=O)(CC(C)C)NC(C)C.CC(C)N(C(C)C)N(C(C)C)C(C)C.CC(C)N(C)P(=O)(O)N(C)C(C)C.CC(C)N(CCN(C(C)C)C(C)C)C(C)C.CC(C)N(CCN(C(C)C)C(C)C)CCN(C(C)C)C(C)C.CC(C)N=C(C(C)C)N(C(C)C)C(C)C. The van der Waals surface area contributed by atoms with Gasteiger partial charge in [-0.1, -0.05) is 116 Å². The molecule has 21 nitrogen and oxygen atoms in total. The summed E-state index contributed by atoms with van der Waals surface area (Å²) in [7, 11) is -2.12. The topological polar surface area (TPSA) is 173 Å². The van der Waals surface area contributed by atoms with E-state index in [4.69, 9.17) is 9.83 Å². The van der Waals surface area contributed by atoms with Crippen molar-refractivity contribution in [3.63, 3.8) is 0 Å². The van der Waals surface area contributed by atoms with E-state index in [2.05, 4.69) is 368 Å². The van der Waals surface area contributed by atoms with E-state index in [1.54, 1.807) is 24.1 Å². The first-order chi connectivity index (χ1) is 56.4. The van der Waals surface area contributed by atoms with Crippen LogP contribution in [0.25, 0.3) is 0 Å². The summed E-state index contributed by atoms with van der Waals surface area (Å²) in [5.41, 5.74) is 1.15. The van der Waals surface area contributed by atoms with Gasteiger partial charge in [0, 0.05) is 196 Å². The van der Waals surface area contributed by atoms with Crippen LogP contribution in [-0.4, -0.2) is 286 Å². The molecule has 0 spiro atoms. The lowest BCUT2D eigenvalue weighted by Gasteiger charge is -2.45. The lowest BCUT2D eigenvalue weighted by Crippen LogP contribution is -2.57. The zero-order chi connectivity index (χ0) is 101. The molecule has 0 atom stereocenters. The zero-order valence-electron chi connectivity index (χ0n) is 95.3. The Balaban J connectivity index is -0.000000210. The first-order valence-corrected chi connectivity index (χ1v) is 53.8. The molecule has 125 heavy (non-hydrogen) atoms. The number of amides is 2. The molecule has 0 aromatic rings. The van der Waals surface area contributed by atoms with Crippen LogP contribution in [0.5, 0.6) is 0 Å². The van der Waals surface area contributed by atoms with Crippen LogP contribution < -0.4 is 5.09 Å². The Morgan fingerprint density at radius 1 is 0.312 bits per heavy atom. The van der Waals surface area contributed by atoms with Crippen molar-refractivity contribution in [1.82, 2.24) is 63.9 Å². The zero-order valence-corrected chi connectivity index (χ0v) is 97.0. The summed E-state index contributed by atoms with van der Waals surface area (Å²) >= 11 is 0. The van der Waals surface area contributed by atoms with E-state index in [-0.39, 0.29) is 47.8 Å². The van der Waals surface area contributed by atoms with Crippen molar-refractivity contribution in [1.29, 1.82) is 0 Å². The number of hydrogen-bond acceptors (Lipinski definition) is 14. The molecule has 0 aromatic heterocycles. The maximum atomic E-state index is 12.5. The molecule has 0 unspecified atom stereocenters. The molecular formula is C102H229N15O6P2. The minimum absolute atomic E-state index is 0.00676. The minimum atomic E-state index is -3.32. The highest BCUT2D eigenvalue weighted by atomic mass is 31.2. The van der Waals surface area contributed by atoms with Crippen LogP contribution >= 0.6 is 15.0 Å². The van der Waals surface area contributed by atoms with Gasteiger partial charge in [0.25, 0.3) is 0 Å². The summed E-state index contributed by atoms with van der Waals surface area (Å²) in [4.78, 5) is 59.8. The van der Waals surface area contributed by atoms with Gasteiger partial charge in [0.1, 0.15) is 19.7 Å². The van der Waals surface area contributed by atoms with Gasteiger partial charge in [0.05, 0.1) is 5.71 Å². The number of carbonyl (C=O) groups is 2. The molecule has 0 rings (SSSR count). The fourth-order valence-electron chi connectivity index (χ4n) is 15.5. The first kappa shape index (κ1) is 138. The lowest BCUT2D eigenvalue weighted by atomic mass is 9.98. The number of hydrogen-bond donors (Lipinski definition) is 2. The number of amidine groups is 1. The van der Waals surface area contributed by atoms with E-state index in [0.717, 1.165) is 44.2 Å². The first-order valence-electron chi connectivity index (χ1n) is 50.1. The third kappa shape index (κ3) is 63.7. The Bertz CT molecular complexity index is 2550. The van der Waals surface area contributed by atoms with Gasteiger partial charge < -0.3 is 19.2 Å². The molecule has 0 saturated heterocycles. The fraction of sp³-hybridized carbons (Fsp3) is 0.961. The van der Waals surface area contributed by atoms with Gasteiger partial charge in [-0.2, -0.15) is 0 Å². The van der Waals surface area contributed by atoms with Gasteiger partial charge in [0.2, 0.25) is 11.8 Å². The Labute approximate surface area is 784 Å². The number of hydrazine groups is 2. The molecule has 758 valence electrons. The monoisotopic (exact) mass is 1820 g/mol. The van der Waals surface area contributed by atoms with Gasteiger partial charge in [-0.15, -0.1) is 0 Å². The summed E-state index contributed by atoms with van der Waals surface area (Å²) in [6.45, 7) is 133. The summed E-state index contributed by atoms with van der Waals surface area (Å²) in [5, 5.41) is 15.6. The van der Waals surface area contributed by atoms with E-state index >= 15 is 0 Å². The third-order valence-corrected chi connectivity index (χ3v) is 27.3. The van der Waals surface area contributed by atoms with E-state index in [0.29, 0.717) is 145 Å². The number of aliphatic imine (C=N–C) groups is 1. The largest absolute Gasteiger partial charge is 0.396 e. The quantitative estimate of drug-likeness (QED) is 0.0255. The number of rotatable bonds is 46. The molecule has 2 N–H and O–H groups in total. The van der Waals surface area contributed by atoms with Gasteiger partial charge in [-0.05, 0) is 334 Å². The normalized spacial score (nSPS) is 12.9. The Morgan fingerprint density at radius 2 is 0.568 bits per heavy atom. The second-order valence-electron chi connectivity index (χ2n) is 43.8. The average Bonchev–Trinajstić information content (AvgIpc) is 0.756. The number of carbonyl (C=O) groups excluding carboxylic acids is 2. The minimum Gasteiger partial charge on any atom is -0.396 e. The van der Waals surface area contributed by atoms with E-state index < -0.39 is 15.0 Å². The van der Waals surface area contributed by atoms with Crippen LogP contribution in [0.15, 0.2) is 10.1 Å². The van der Waals surface area contributed by atoms with Crippen LogP contribution in [0.1, 0.15) is 402 Å². The molecule has 0 fully saturated rings. The number of nitrogens with one attached hydrogen (secondary N) is 1. The maximum Gasteiger partial charge on any atom is 0.343 e. The summed E-state index contributed by atoms with van der Waals surface area (Å²) in [6.07, 6.45) is 1.65. The molecule has 0 aliphatic rings. The molecule has 0 aliphatic heterocycles. The fourth-order valence-corrected chi connectivity index (χ4v) is 20.8. The van der Waals surface area contributed by atoms with Crippen molar-refractivity contribution in [2.24, 2.45) is 57.5 Å². The van der Waals surface area contributed by atoms with Crippen molar-refractivity contribution in [3.05, 3.63) is 0 Å². The van der Waals surface area contributed by atoms with Crippen LogP contribution in [0, 0.1) is 47.3 Å². The average molecular weight is 1820 g/mol. The van der Waals surface area contributed by atoms with Gasteiger partial charge in [-0.25, -0.2) is 29.4 Å². The highest BCUT2D eigenvalue weighted by Gasteiger charge is 2.36. The van der Waals surface area contributed by atoms with Crippen molar-refractivity contribution < 1.29 is 28.5 Å². The van der Waals surface area contributed by atoms with E-state index in [9.17, 15) is 23.6 Å². The molecule has 0 bridgehead atoms. The van der Waals surface area contributed by atoms with Crippen molar-refractivity contribution in [2.45, 2.75) is 528 Å². The van der Waals surface area contributed by atoms with Crippen LogP contribution in [0.3, 0.4) is 0 Å². The lowest BCUT2D eigenvalue weighted by molar-refractivity contribution is -0.176. The Hall–Kier alpha value is -2.10. The summed E-state index contributed by atoms with van der Waals surface area (Å²) in [5.74, 6) is 4.01.